The summed E-state index contributed by atoms with van der Waals surface area (Å²) in [5.74, 6) is 0.524. The molecule has 0 N–H and O–H groups in total. The molecule has 0 fully saturated rings. The van der Waals surface area contributed by atoms with Crippen molar-refractivity contribution in [3.63, 3.8) is 0 Å². The van der Waals surface area contributed by atoms with E-state index in [1.54, 1.807) is 12.1 Å². The molecule has 0 aliphatic carbocycles. The molecule has 0 saturated carbocycles. The summed E-state index contributed by atoms with van der Waals surface area (Å²) in [7, 11) is 0. The van der Waals surface area contributed by atoms with E-state index in [0.29, 0.717) is 22.9 Å². The second kappa shape index (κ2) is 6.27. The smallest absolute Gasteiger partial charge is 0.269 e. The zero-order valence-electron chi connectivity index (χ0n) is 11.8. The Balaban J connectivity index is 1.65. The third-order valence-electron chi connectivity index (χ3n) is 3.08. The van der Waals surface area contributed by atoms with Crippen LogP contribution in [0.5, 0.6) is 5.75 Å². The van der Waals surface area contributed by atoms with Crippen molar-refractivity contribution in [2.75, 3.05) is 0 Å². The average molecular weight is 314 g/mol. The molecule has 0 unspecified atom stereocenters. The van der Waals surface area contributed by atoms with Crippen LogP contribution in [0.1, 0.15) is 5.69 Å². The largest absolute Gasteiger partial charge is 0.487 e. The molecule has 0 radical (unpaired) electrons. The third-order valence-corrected chi connectivity index (χ3v) is 3.08. The molecule has 116 valence electrons. The molecule has 3 aromatic rings. The lowest BCUT2D eigenvalue weighted by atomic mass is 10.2. The number of ether oxygens (including phenoxy) is 1. The number of oxazole rings is 1. The van der Waals surface area contributed by atoms with E-state index in [-0.39, 0.29) is 18.1 Å². The molecular weight excluding hydrogens is 303 g/mol. The van der Waals surface area contributed by atoms with Crippen LogP contribution in [0.25, 0.3) is 11.5 Å². The highest BCUT2D eigenvalue weighted by Crippen LogP contribution is 2.21. The van der Waals surface area contributed by atoms with Crippen LogP contribution in [0, 0.1) is 15.9 Å². The summed E-state index contributed by atoms with van der Waals surface area (Å²) >= 11 is 0. The van der Waals surface area contributed by atoms with E-state index in [0.717, 1.165) is 0 Å². The summed E-state index contributed by atoms with van der Waals surface area (Å²) in [6.45, 7) is 0.155. The lowest BCUT2D eigenvalue weighted by Crippen LogP contribution is -1.96. The monoisotopic (exact) mass is 314 g/mol. The van der Waals surface area contributed by atoms with E-state index in [1.807, 2.05) is 0 Å². The van der Waals surface area contributed by atoms with Crippen LogP contribution >= 0.6 is 0 Å². The van der Waals surface area contributed by atoms with Crippen molar-refractivity contribution >= 4 is 5.69 Å². The zero-order chi connectivity index (χ0) is 16.2. The van der Waals surface area contributed by atoms with Gasteiger partial charge in [-0.15, -0.1) is 0 Å². The Bertz CT molecular complexity index is 813. The van der Waals surface area contributed by atoms with Crippen molar-refractivity contribution in [1.29, 1.82) is 0 Å². The fourth-order valence-corrected chi connectivity index (χ4v) is 1.92. The second-order valence-corrected chi connectivity index (χ2v) is 4.69. The van der Waals surface area contributed by atoms with Gasteiger partial charge in [-0.2, -0.15) is 0 Å². The van der Waals surface area contributed by atoms with Crippen molar-refractivity contribution in [2.45, 2.75) is 6.61 Å². The van der Waals surface area contributed by atoms with Gasteiger partial charge < -0.3 is 9.15 Å². The first-order chi connectivity index (χ1) is 11.1. The number of rotatable bonds is 5. The first-order valence-electron chi connectivity index (χ1n) is 6.69. The van der Waals surface area contributed by atoms with Gasteiger partial charge in [0.25, 0.3) is 5.69 Å². The van der Waals surface area contributed by atoms with Crippen molar-refractivity contribution in [3.05, 3.63) is 76.4 Å². The maximum atomic E-state index is 12.9. The molecule has 2 aromatic carbocycles. The Morgan fingerprint density at radius 3 is 2.48 bits per heavy atom. The first-order valence-corrected chi connectivity index (χ1v) is 6.69. The molecule has 6 nitrogen and oxygen atoms in total. The molecule has 3 rings (SSSR count). The van der Waals surface area contributed by atoms with E-state index in [2.05, 4.69) is 4.98 Å². The summed E-state index contributed by atoms with van der Waals surface area (Å²) in [6.07, 6.45) is 1.45. The number of hydrogen-bond acceptors (Lipinski definition) is 5. The maximum absolute atomic E-state index is 12.9. The molecular formula is C16H11FN2O4. The summed E-state index contributed by atoms with van der Waals surface area (Å²) in [5.41, 5.74) is 1.22. The molecule has 0 aliphatic heterocycles. The molecule has 0 saturated heterocycles. The maximum Gasteiger partial charge on any atom is 0.269 e. The van der Waals surface area contributed by atoms with Crippen molar-refractivity contribution in [3.8, 4) is 17.2 Å². The van der Waals surface area contributed by atoms with Gasteiger partial charge in [0.15, 0.2) is 0 Å². The third kappa shape index (κ3) is 3.52. The van der Waals surface area contributed by atoms with Gasteiger partial charge in [-0.3, -0.25) is 10.1 Å². The minimum Gasteiger partial charge on any atom is -0.487 e. The van der Waals surface area contributed by atoms with Gasteiger partial charge >= 0.3 is 0 Å². The number of nitrogens with zero attached hydrogens (tertiary/aromatic N) is 2. The van der Waals surface area contributed by atoms with Crippen LogP contribution in [-0.4, -0.2) is 9.91 Å². The fourth-order valence-electron chi connectivity index (χ4n) is 1.92. The lowest BCUT2D eigenvalue weighted by molar-refractivity contribution is -0.384. The number of nitro benzene ring substituents is 1. The minimum atomic E-state index is -0.476. The van der Waals surface area contributed by atoms with Crippen LogP contribution in [0.4, 0.5) is 10.1 Å². The fraction of sp³-hybridized carbons (Fsp3) is 0.0625. The van der Waals surface area contributed by atoms with Crippen LogP contribution < -0.4 is 4.74 Å². The zero-order valence-corrected chi connectivity index (χ0v) is 11.8. The van der Waals surface area contributed by atoms with Crippen molar-refractivity contribution in [2.24, 2.45) is 0 Å². The van der Waals surface area contributed by atoms with Crippen LogP contribution in [-0.2, 0) is 6.61 Å². The second-order valence-electron chi connectivity index (χ2n) is 4.69. The van der Waals surface area contributed by atoms with Crippen LogP contribution in [0.15, 0.2) is 59.2 Å². The molecule has 0 amide bonds. The summed E-state index contributed by atoms with van der Waals surface area (Å²) in [4.78, 5) is 14.3. The summed E-state index contributed by atoms with van der Waals surface area (Å²) < 4.78 is 23.7. The van der Waals surface area contributed by atoms with E-state index < -0.39 is 4.92 Å². The molecule has 1 heterocycles. The average Bonchev–Trinajstić information content (AvgIpc) is 3.03. The lowest BCUT2D eigenvalue weighted by Gasteiger charge is -2.02. The normalized spacial score (nSPS) is 10.5. The molecule has 23 heavy (non-hydrogen) atoms. The minimum absolute atomic E-state index is 0.00242. The van der Waals surface area contributed by atoms with Crippen molar-refractivity contribution in [1.82, 2.24) is 4.98 Å². The number of halogens is 1. The Labute approximate surface area is 130 Å². The Hall–Kier alpha value is -3.22. The highest BCUT2D eigenvalue weighted by atomic mass is 19.1. The Morgan fingerprint density at radius 2 is 1.83 bits per heavy atom. The van der Waals surface area contributed by atoms with E-state index >= 15 is 0 Å². The summed E-state index contributed by atoms with van der Waals surface area (Å²) in [6, 6.07) is 11.5. The molecule has 1 aromatic heterocycles. The SMILES string of the molecule is O=[N+]([O-])c1ccc(OCc2coc(-c3ccc(F)cc3)n2)cc1. The highest BCUT2D eigenvalue weighted by molar-refractivity contribution is 5.52. The topological polar surface area (TPSA) is 78.4 Å². The standard InChI is InChI=1S/C16H11FN2O4/c17-12-3-1-11(2-4-12)16-18-13(10-23-16)9-22-15-7-5-14(6-8-15)19(20)21/h1-8,10H,9H2. The number of non-ortho nitro benzene ring substituents is 1. The number of aromatic nitrogens is 1. The Morgan fingerprint density at radius 1 is 1.13 bits per heavy atom. The number of hydrogen-bond donors (Lipinski definition) is 0. The quantitative estimate of drug-likeness (QED) is 0.526. The van der Waals surface area contributed by atoms with Gasteiger partial charge in [-0.05, 0) is 36.4 Å². The van der Waals surface area contributed by atoms with Crippen LogP contribution in [0.3, 0.4) is 0 Å². The van der Waals surface area contributed by atoms with E-state index in [1.165, 1.54) is 42.7 Å². The number of benzene rings is 2. The highest BCUT2D eigenvalue weighted by Gasteiger charge is 2.08. The van der Waals surface area contributed by atoms with E-state index in [9.17, 15) is 14.5 Å². The van der Waals surface area contributed by atoms with Crippen molar-refractivity contribution < 1.29 is 18.5 Å². The van der Waals surface area contributed by atoms with Gasteiger partial charge in [0.05, 0.1) is 4.92 Å². The van der Waals surface area contributed by atoms with Gasteiger partial charge in [-0.1, -0.05) is 0 Å². The molecule has 0 spiro atoms. The van der Waals surface area contributed by atoms with Gasteiger partial charge in [-0.25, -0.2) is 9.37 Å². The van der Waals surface area contributed by atoms with E-state index in [4.69, 9.17) is 9.15 Å². The molecule has 0 aliphatic rings. The van der Waals surface area contributed by atoms with Gasteiger partial charge in [0.1, 0.15) is 30.1 Å². The number of nitro groups is 1. The Kier molecular flexibility index (Phi) is 4.01. The predicted molar refractivity (Wildman–Crippen MR) is 79.3 cm³/mol. The van der Waals surface area contributed by atoms with Crippen LogP contribution in [0.2, 0.25) is 0 Å². The summed E-state index contributed by atoms with van der Waals surface area (Å²) in [5, 5.41) is 10.6. The first kappa shape index (κ1) is 14.7. The molecule has 0 atom stereocenters. The molecule has 0 bridgehead atoms. The van der Waals surface area contributed by atoms with Gasteiger partial charge in [0, 0.05) is 17.7 Å². The molecule has 7 heteroatoms. The van der Waals surface area contributed by atoms with Gasteiger partial charge in [0.2, 0.25) is 5.89 Å². The predicted octanol–water partition coefficient (Wildman–Crippen LogP) is 3.97.